The van der Waals surface area contributed by atoms with Crippen LogP contribution in [0, 0.1) is 0 Å². The van der Waals surface area contributed by atoms with Crippen LogP contribution in [0.1, 0.15) is 21.9 Å². The fourth-order valence-corrected chi connectivity index (χ4v) is 4.29. The summed E-state index contributed by atoms with van der Waals surface area (Å²) in [6, 6.07) is 14.1. The lowest BCUT2D eigenvalue weighted by molar-refractivity contribution is 0.0594. The van der Waals surface area contributed by atoms with Gasteiger partial charge in [-0.1, -0.05) is 58.5 Å². The predicted octanol–water partition coefficient (Wildman–Crippen LogP) is 6.43. The number of carbonyl (C=O) groups is 1. The van der Waals surface area contributed by atoms with Gasteiger partial charge in [-0.05, 0) is 42.0 Å². The van der Waals surface area contributed by atoms with Crippen LogP contribution in [-0.2, 0) is 13.2 Å². The van der Waals surface area contributed by atoms with Crippen LogP contribution in [0.4, 0.5) is 0 Å². The molecule has 1 saturated heterocycles. The first-order chi connectivity index (χ1) is 15.4. The first-order valence-corrected chi connectivity index (χ1v) is 11.5. The Kier molecular flexibility index (Phi) is 7.54. The molecule has 0 atom stereocenters. The zero-order chi connectivity index (χ0) is 22.7. The first-order valence-electron chi connectivity index (χ1n) is 10.0. The number of benzene rings is 2. The van der Waals surface area contributed by atoms with Crippen LogP contribution in [0.15, 0.2) is 52.9 Å². The van der Waals surface area contributed by atoms with Crippen molar-refractivity contribution in [2.24, 2.45) is 0 Å². The van der Waals surface area contributed by atoms with Gasteiger partial charge in [0, 0.05) is 42.8 Å². The lowest BCUT2D eigenvalue weighted by Crippen LogP contribution is -2.48. The van der Waals surface area contributed by atoms with Crippen molar-refractivity contribution in [3.05, 3.63) is 85.7 Å². The molecule has 3 aromatic rings. The van der Waals surface area contributed by atoms with Crippen molar-refractivity contribution in [3.63, 3.8) is 0 Å². The molecule has 0 unspecified atom stereocenters. The molecular weight excluding hydrogens is 494 g/mol. The summed E-state index contributed by atoms with van der Waals surface area (Å²) in [6.45, 7) is 3.56. The zero-order valence-corrected chi connectivity index (χ0v) is 20.0. The van der Waals surface area contributed by atoms with Crippen LogP contribution in [-0.4, -0.2) is 41.9 Å². The van der Waals surface area contributed by atoms with Gasteiger partial charge in [0.1, 0.15) is 23.1 Å². The number of furan rings is 1. The number of hydrogen-bond acceptors (Lipinski definition) is 4. The van der Waals surface area contributed by atoms with Crippen molar-refractivity contribution >= 4 is 52.3 Å². The SMILES string of the molecule is O=C(c1ccc(COc2cccc(Cl)c2Cl)o1)N1CCN(Cc2ccc(Cl)cc2Cl)CC1. The summed E-state index contributed by atoms with van der Waals surface area (Å²) in [4.78, 5) is 16.9. The van der Waals surface area contributed by atoms with Crippen LogP contribution in [0.25, 0.3) is 0 Å². The highest BCUT2D eigenvalue weighted by molar-refractivity contribution is 6.42. The molecule has 1 aliphatic heterocycles. The summed E-state index contributed by atoms with van der Waals surface area (Å²) in [5.74, 6) is 1.14. The van der Waals surface area contributed by atoms with Crippen molar-refractivity contribution in [2.45, 2.75) is 13.2 Å². The van der Waals surface area contributed by atoms with Gasteiger partial charge < -0.3 is 14.1 Å². The number of hydrogen-bond donors (Lipinski definition) is 0. The van der Waals surface area contributed by atoms with Gasteiger partial charge in [0.05, 0.1) is 5.02 Å². The van der Waals surface area contributed by atoms with E-state index in [4.69, 9.17) is 55.6 Å². The minimum Gasteiger partial charge on any atom is -0.484 e. The third kappa shape index (κ3) is 5.53. The van der Waals surface area contributed by atoms with Gasteiger partial charge in [-0.25, -0.2) is 0 Å². The third-order valence-electron chi connectivity index (χ3n) is 5.23. The average Bonchev–Trinajstić information content (AvgIpc) is 3.26. The Morgan fingerprint density at radius 2 is 1.72 bits per heavy atom. The van der Waals surface area contributed by atoms with Gasteiger partial charge >= 0.3 is 0 Å². The largest absolute Gasteiger partial charge is 0.484 e. The van der Waals surface area contributed by atoms with Gasteiger partial charge in [0.2, 0.25) is 0 Å². The number of amides is 1. The van der Waals surface area contributed by atoms with E-state index < -0.39 is 0 Å². The molecule has 168 valence electrons. The standard InChI is InChI=1S/C23H20Cl4N2O3/c24-16-5-4-15(19(26)12-16)13-28-8-10-29(11-9-28)23(30)21-7-6-17(32-21)14-31-20-3-1-2-18(25)22(20)27/h1-7,12H,8-11,13-14H2. The van der Waals surface area contributed by atoms with E-state index in [0.29, 0.717) is 51.2 Å². The van der Waals surface area contributed by atoms with Crippen molar-refractivity contribution in [1.29, 1.82) is 0 Å². The molecule has 1 amide bonds. The molecule has 0 radical (unpaired) electrons. The molecular formula is C23H20Cl4N2O3. The number of piperazine rings is 1. The maximum absolute atomic E-state index is 12.8. The highest BCUT2D eigenvalue weighted by Crippen LogP contribution is 2.32. The Hall–Kier alpha value is -1.89. The average molecular weight is 514 g/mol. The van der Waals surface area contributed by atoms with E-state index in [2.05, 4.69) is 4.90 Å². The summed E-state index contributed by atoms with van der Waals surface area (Å²) >= 11 is 24.4. The molecule has 0 bridgehead atoms. The van der Waals surface area contributed by atoms with Gasteiger partial charge in [-0.2, -0.15) is 0 Å². The molecule has 1 fully saturated rings. The van der Waals surface area contributed by atoms with Crippen molar-refractivity contribution < 1.29 is 13.9 Å². The third-order valence-corrected chi connectivity index (χ3v) is 6.62. The molecule has 2 heterocycles. The van der Waals surface area contributed by atoms with E-state index in [0.717, 1.165) is 18.7 Å². The molecule has 0 spiro atoms. The zero-order valence-electron chi connectivity index (χ0n) is 17.0. The Morgan fingerprint density at radius 3 is 2.47 bits per heavy atom. The quantitative estimate of drug-likeness (QED) is 0.381. The van der Waals surface area contributed by atoms with E-state index in [-0.39, 0.29) is 18.3 Å². The smallest absolute Gasteiger partial charge is 0.289 e. The molecule has 32 heavy (non-hydrogen) atoms. The predicted molar refractivity (Wildman–Crippen MR) is 127 cm³/mol. The molecule has 5 nitrogen and oxygen atoms in total. The fraction of sp³-hybridized carbons (Fsp3) is 0.261. The molecule has 9 heteroatoms. The molecule has 2 aromatic carbocycles. The molecule has 0 N–H and O–H groups in total. The van der Waals surface area contributed by atoms with Crippen molar-refractivity contribution in [3.8, 4) is 5.75 Å². The molecule has 1 aromatic heterocycles. The Bertz CT molecular complexity index is 1110. The minimum absolute atomic E-state index is 0.138. The monoisotopic (exact) mass is 512 g/mol. The second kappa shape index (κ2) is 10.4. The Labute approximate surface area is 206 Å². The maximum Gasteiger partial charge on any atom is 0.289 e. The molecule has 0 saturated carbocycles. The van der Waals surface area contributed by atoms with Crippen molar-refractivity contribution in [1.82, 2.24) is 9.80 Å². The van der Waals surface area contributed by atoms with Gasteiger partial charge in [-0.15, -0.1) is 0 Å². The highest BCUT2D eigenvalue weighted by Gasteiger charge is 2.24. The second-order valence-corrected chi connectivity index (χ2v) is 9.04. The Balaban J connectivity index is 1.30. The number of carbonyl (C=O) groups excluding carboxylic acids is 1. The lowest BCUT2D eigenvalue weighted by Gasteiger charge is -2.34. The van der Waals surface area contributed by atoms with E-state index in [1.165, 1.54) is 0 Å². The number of nitrogens with zero attached hydrogens (tertiary/aromatic N) is 2. The minimum atomic E-state index is -0.138. The summed E-state index contributed by atoms with van der Waals surface area (Å²) < 4.78 is 11.4. The van der Waals surface area contributed by atoms with E-state index >= 15 is 0 Å². The van der Waals surface area contributed by atoms with Crippen molar-refractivity contribution in [2.75, 3.05) is 26.2 Å². The summed E-state index contributed by atoms with van der Waals surface area (Å²) in [6.07, 6.45) is 0. The summed E-state index contributed by atoms with van der Waals surface area (Å²) in [5, 5.41) is 2.03. The van der Waals surface area contributed by atoms with Crippen LogP contribution >= 0.6 is 46.4 Å². The van der Waals surface area contributed by atoms with Gasteiger partial charge in [-0.3, -0.25) is 9.69 Å². The second-order valence-electron chi connectivity index (χ2n) is 7.41. The highest BCUT2D eigenvalue weighted by atomic mass is 35.5. The van der Waals surface area contributed by atoms with E-state index in [1.54, 1.807) is 41.3 Å². The van der Waals surface area contributed by atoms with E-state index in [9.17, 15) is 4.79 Å². The molecule has 4 rings (SSSR count). The summed E-state index contributed by atoms with van der Waals surface area (Å²) in [5.41, 5.74) is 1.02. The van der Waals surface area contributed by atoms with Gasteiger partial charge in [0.25, 0.3) is 5.91 Å². The first kappa shape index (κ1) is 23.3. The van der Waals surface area contributed by atoms with Crippen LogP contribution < -0.4 is 4.74 Å². The van der Waals surface area contributed by atoms with Crippen LogP contribution in [0.3, 0.4) is 0 Å². The number of rotatable bonds is 6. The molecule has 0 aliphatic carbocycles. The number of halogens is 4. The topological polar surface area (TPSA) is 45.9 Å². The summed E-state index contributed by atoms with van der Waals surface area (Å²) in [7, 11) is 0. The van der Waals surface area contributed by atoms with Crippen LogP contribution in [0.5, 0.6) is 5.75 Å². The molecule has 1 aliphatic rings. The fourth-order valence-electron chi connectivity index (χ4n) is 3.47. The van der Waals surface area contributed by atoms with Gasteiger partial charge in [0.15, 0.2) is 5.76 Å². The maximum atomic E-state index is 12.8. The van der Waals surface area contributed by atoms with Crippen LogP contribution in [0.2, 0.25) is 20.1 Å². The Morgan fingerprint density at radius 1 is 0.938 bits per heavy atom. The van der Waals surface area contributed by atoms with E-state index in [1.807, 2.05) is 12.1 Å². The lowest BCUT2D eigenvalue weighted by atomic mass is 10.2. The number of ether oxygens (including phenoxy) is 1. The normalized spacial score (nSPS) is 14.6.